The summed E-state index contributed by atoms with van der Waals surface area (Å²) in [4.78, 5) is 26.0. The van der Waals surface area contributed by atoms with E-state index in [2.05, 4.69) is 26.1 Å². The number of Topliss-reactive ketones (excluding diaryl/α,β-unsaturated/α-hetero) is 1. The Morgan fingerprint density at radius 3 is 2.23 bits per heavy atom. The Hall–Kier alpha value is -2.42. The standard InChI is InChI=1S/C27H35NO2/c1-19(2)23-15-14-20(3)18-24(23)26(29)17-16-25(21-10-6-4-7-11-21)28-27(30)22-12-8-5-9-13-22/h4-13,19-20,23-25H,14-18H2,1-3H3,(H,28,30)/t20-,23+,24-,25-/m1/s1. The number of hydrogen-bond acceptors (Lipinski definition) is 2. The predicted molar refractivity (Wildman–Crippen MR) is 122 cm³/mol. The predicted octanol–water partition coefficient (Wildman–Crippen LogP) is 6.22. The van der Waals surface area contributed by atoms with Crippen molar-refractivity contribution < 1.29 is 9.59 Å². The number of carbonyl (C=O) groups excluding carboxylic acids is 2. The Balaban J connectivity index is 1.70. The van der Waals surface area contributed by atoms with Gasteiger partial charge in [-0.1, -0.05) is 75.7 Å². The molecule has 3 heteroatoms. The molecule has 2 aromatic carbocycles. The van der Waals surface area contributed by atoms with Gasteiger partial charge in [-0.15, -0.1) is 0 Å². The Morgan fingerprint density at radius 2 is 1.60 bits per heavy atom. The summed E-state index contributed by atoms with van der Waals surface area (Å²) in [7, 11) is 0. The summed E-state index contributed by atoms with van der Waals surface area (Å²) in [5, 5.41) is 3.16. The van der Waals surface area contributed by atoms with Gasteiger partial charge in [0, 0.05) is 17.9 Å². The summed E-state index contributed by atoms with van der Waals surface area (Å²) in [6.45, 7) is 6.76. The molecule has 1 N–H and O–H groups in total. The van der Waals surface area contributed by atoms with Gasteiger partial charge in [0.15, 0.2) is 0 Å². The number of benzene rings is 2. The van der Waals surface area contributed by atoms with Crippen molar-refractivity contribution in [2.75, 3.05) is 0 Å². The molecule has 0 spiro atoms. The number of nitrogens with one attached hydrogen (secondary N) is 1. The fourth-order valence-corrected chi connectivity index (χ4v) is 4.88. The van der Waals surface area contributed by atoms with E-state index in [1.54, 1.807) is 0 Å². The summed E-state index contributed by atoms with van der Waals surface area (Å²) in [5.41, 5.74) is 1.69. The van der Waals surface area contributed by atoms with Gasteiger partial charge in [-0.25, -0.2) is 0 Å². The molecule has 160 valence electrons. The van der Waals surface area contributed by atoms with Gasteiger partial charge in [-0.05, 0) is 54.7 Å². The van der Waals surface area contributed by atoms with E-state index in [0.29, 0.717) is 41.9 Å². The van der Waals surface area contributed by atoms with Crippen LogP contribution in [0.4, 0.5) is 0 Å². The molecular weight excluding hydrogens is 370 g/mol. The van der Waals surface area contributed by atoms with E-state index in [9.17, 15) is 9.59 Å². The van der Waals surface area contributed by atoms with Crippen LogP contribution in [0.1, 0.15) is 74.8 Å². The first-order valence-corrected chi connectivity index (χ1v) is 11.4. The van der Waals surface area contributed by atoms with Gasteiger partial charge in [-0.2, -0.15) is 0 Å². The smallest absolute Gasteiger partial charge is 0.251 e. The van der Waals surface area contributed by atoms with E-state index < -0.39 is 0 Å². The molecule has 4 atom stereocenters. The lowest BCUT2D eigenvalue weighted by Crippen LogP contribution is -2.34. The van der Waals surface area contributed by atoms with Crippen LogP contribution in [0.2, 0.25) is 0 Å². The first-order chi connectivity index (χ1) is 14.5. The van der Waals surface area contributed by atoms with Crippen LogP contribution in [0.5, 0.6) is 0 Å². The zero-order chi connectivity index (χ0) is 21.5. The molecule has 0 saturated heterocycles. The Bertz CT molecular complexity index is 815. The van der Waals surface area contributed by atoms with E-state index in [1.807, 2.05) is 60.7 Å². The zero-order valence-electron chi connectivity index (χ0n) is 18.5. The molecule has 0 heterocycles. The highest BCUT2D eigenvalue weighted by Gasteiger charge is 2.35. The van der Waals surface area contributed by atoms with Crippen molar-refractivity contribution in [2.45, 2.75) is 58.9 Å². The summed E-state index contributed by atoms with van der Waals surface area (Å²) >= 11 is 0. The molecule has 1 aliphatic rings. The third kappa shape index (κ3) is 5.81. The number of rotatable bonds is 8. The molecule has 30 heavy (non-hydrogen) atoms. The van der Waals surface area contributed by atoms with E-state index in [0.717, 1.165) is 18.4 Å². The highest BCUT2D eigenvalue weighted by molar-refractivity contribution is 5.94. The van der Waals surface area contributed by atoms with Gasteiger partial charge >= 0.3 is 0 Å². The maximum atomic E-state index is 13.2. The topological polar surface area (TPSA) is 46.2 Å². The minimum absolute atomic E-state index is 0.0942. The Kier molecular flexibility index (Phi) is 7.84. The van der Waals surface area contributed by atoms with Crippen LogP contribution >= 0.6 is 0 Å². The second-order valence-electron chi connectivity index (χ2n) is 9.24. The average Bonchev–Trinajstić information content (AvgIpc) is 2.77. The molecule has 0 unspecified atom stereocenters. The van der Waals surface area contributed by atoms with Crippen molar-refractivity contribution in [3.63, 3.8) is 0 Å². The highest BCUT2D eigenvalue weighted by Crippen LogP contribution is 2.39. The lowest BCUT2D eigenvalue weighted by Gasteiger charge is -2.36. The van der Waals surface area contributed by atoms with E-state index >= 15 is 0 Å². The van der Waals surface area contributed by atoms with Gasteiger partial charge in [0.25, 0.3) is 5.91 Å². The second kappa shape index (κ2) is 10.6. The van der Waals surface area contributed by atoms with Gasteiger partial charge < -0.3 is 5.32 Å². The van der Waals surface area contributed by atoms with Crippen LogP contribution in [0.25, 0.3) is 0 Å². The summed E-state index contributed by atoms with van der Waals surface area (Å²) < 4.78 is 0. The molecular formula is C27H35NO2. The molecule has 1 amide bonds. The van der Waals surface area contributed by atoms with Crippen molar-refractivity contribution in [3.8, 4) is 0 Å². The van der Waals surface area contributed by atoms with E-state index in [-0.39, 0.29) is 17.9 Å². The van der Waals surface area contributed by atoms with Crippen LogP contribution < -0.4 is 5.32 Å². The maximum absolute atomic E-state index is 13.2. The SMILES string of the molecule is CC(C)[C@@H]1CC[C@@H](C)C[C@H]1C(=O)CC[C@@H](NC(=O)c1ccccc1)c1ccccc1. The molecule has 0 radical (unpaired) electrons. The minimum Gasteiger partial charge on any atom is -0.345 e. The first kappa shape index (κ1) is 22.3. The fourth-order valence-electron chi connectivity index (χ4n) is 4.88. The van der Waals surface area contributed by atoms with Gasteiger partial charge in [0.2, 0.25) is 0 Å². The normalized spacial score (nSPS) is 22.5. The van der Waals surface area contributed by atoms with Crippen molar-refractivity contribution in [1.82, 2.24) is 5.32 Å². The lowest BCUT2D eigenvalue weighted by molar-refractivity contribution is -0.127. The molecule has 1 aliphatic carbocycles. The quantitative estimate of drug-likeness (QED) is 0.567. The van der Waals surface area contributed by atoms with Gasteiger partial charge in [0.05, 0.1) is 6.04 Å². The van der Waals surface area contributed by atoms with E-state index in [4.69, 9.17) is 0 Å². The molecule has 2 aromatic rings. The average molecular weight is 406 g/mol. The van der Waals surface area contributed by atoms with Crippen molar-refractivity contribution >= 4 is 11.7 Å². The number of ketones is 1. The van der Waals surface area contributed by atoms with Crippen LogP contribution in [0.3, 0.4) is 0 Å². The molecule has 3 rings (SSSR count). The summed E-state index contributed by atoms with van der Waals surface area (Å²) in [5.74, 6) is 2.09. The largest absolute Gasteiger partial charge is 0.345 e. The molecule has 1 saturated carbocycles. The number of carbonyl (C=O) groups is 2. The van der Waals surface area contributed by atoms with Crippen LogP contribution in [-0.4, -0.2) is 11.7 Å². The van der Waals surface area contributed by atoms with E-state index in [1.165, 1.54) is 6.42 Å². The van der Waals surface area contributed by atoms with Crippen LogP contribution in [-0.2, 0) is 4.79 Å². The molecule has 0 aromatic heterocycles. The fraction of sp³-hybridized carbons (Fsp3) is 0.481. The number of hydrogen-bond donors (Lipinski definition) is 1. The van der Waals surface area contributed by atoms with Gasteiger partial charge in [0.1, 0.15) is 5.78 Å². The number of amides is 1. The lowest BCUT2D eigenvalue weighted by atomic mass is 9.68. The van der Waals surface area contributed by atoms with Crippen LogP contribution in [0, 0.1) is 23.7 Å². The first-order valence-electron chi connectivity index (χ1n) is 11.4. The zero-order valence-corrected chi connectivity index (χ0v) is 18.5. The minimum atomic E-state index is -0.165. The summed E-state index contributed by atoms with van der Waals surface area (Å²) in [6, 6.07) is 19.1. The molecule has 0 aliphatic heterocycles. The third-order valence-electron chi connectivity index (χ3n) is 6.66. The molecule has 0 bridgehead atoms. The Labute approximate surface area is 181 Å². The maximum Gasteiger partial charge on any atom is 0.251 e. The monoisotopic (exact) mass is 405 g/mol. The third-order valence-corrected chi connectivity index (χ3v) is 6.66. The summed E-state index contributed by atoms with van der Waals surface area (Å²) in [6.07, 6.45) is 4.54. The van der Waals surface area contributed by atoms with Crippen molar-refractivity contribution in [3.05, 3.63) is 71.8 Å². The molecule has 1 fully saturated rings. The second-order valence-corrected chi connectivity index (χ2v) is 9.24. The van der Waals surface area contributed by atoms with Crippen molar-refractivity contribution in [1.29, 1.82) is 0 Å². The van der Waals surface area contributed by atoms with Crippen LogP contribution in [0.15, 0.2) is 60.7 Å². The van der Waals surface area contributed by atoms with Gasteiger partial charge in [-0.3, -0.25) is 9.59 Å². The highest BCUT2D eigenvalue weighted by atomic mass is 16.1. The molecule has 3 nitrogen and oxygen atoms in total. The van der Waals surface area contributed by atoms with Crippen molar-refractivity contribution in [2.24, 2.45) is 23.7 Å². The Morgan fingerprint density at radius 1 is 0.967 bits per heavy atom.